The normalized spacial score (nSPS) is 18.2. The molecule has 5 nitrogen and oxygen atoms in total. The van der Waals surface area contributed by atoms with E-state index in [-0.39, 0.29) is 5.91 Å². The minimum Gasteiger partial charge on any atom is -0.361 e. The van der Waals surface area contributed by atoms with Crippen molar-refractivity contribution in [2.75, 3.05) is 13.1 Å². The van der Waals surface area contributed by atoms with E-state index in [4.69, 9.17) is 4.52 Å². The van der Waals surface area contributed by atoms with Crippen molar-refractivity contribution >= 4 is 5.91 Å². The summed E-state index contributed by atoms with van der Waals surface area (Å²) < 4.78 is 5.15. The molecule has 0 aliphatic carbocycles. The van der Waals surface area contributed by atoms with Crippen molar-refractivity contribution in [3.63, 3.8) is 0 Å². The van der Waals surface area contributed by atoms with Crippen molar-refractivity contribution in [2.24, 2.45) is 5.92 Å². The molecule has 1 aliphatic rings. The molecule has 0 saturated carbocycles. The van der Waals surface area contributed by atoms with E-state index >= 15 is 0 Å². The van der Waals surface area contributed by atoms with Crippen LogP contribution in [0.5, 0.6) is 0 Å². The topological polar surface area (TPSA) is 59.2 Å². The summed E-state index contributed by atoms with van der Waals surface area (Å²) in [4.78, 5) is 19.0. The molecule has 0 spiro atoms. The molecule has 2 aromatic rings. The number of carbonyl (C=O) groups excluding carboxylic acids is 1. The lowest BCUT2D eigenvalue weighted by molar-refractivity contribution is -0.132. The van der Waals surface area contributed by atoms with E-state index < -0.39 is 0 Å². The number of aryl methyl sites for hydroxylation is 2. The first-order valence-electron chi connectivity index (χ1n) is 8.23. The molecule has 122 valence electrons. The molecule has 1 saturated heterocycles. The monoisotopic (exact) mass is 313 g/mol. The van der Waals surface area contributed by atoms with Crippen molar-refractivity contribution in [1.82, 2.24) is 15.0 Å². The lowest BCUT2D eigenvalue weighted by Crippen LogP contribution is -2.41. The van der Waals surface area contributed by atoms with Gasteiger partial charge >= 0.3 is 0 Å². The molecule has 3 rings (SSSR count). The van der Waals surface area contributed by atoms with Crippen LogP contribution in [0.1, 0.15) is 35.6 Å². The smallest absolute Gasteiger partial charge is 0.227 e. The molecular weight excluding hydrogens is 290 g/mol. The molecule has 0 bridgehead atoms. The Kier molecular flexibility index (Phi) is 4.74. The van der Waals surface area contributed by atoms with E-state index in [1.165, 1.54) is 0 Å². The van der Waals surface area contributed by atoms with Crippen LogP contribution in [-0.4, -0.2) is 34.0 Å². The number of nitrogens with zero attached hydrogens (tertiary/aromatic N) is 3. The van der Waals surface area contributed by atoms with Crippen molar-refractivity contribution in [1.29, 1.82) is 0 Å². The van der Waals surface area contributed by atoms with Gasteiger partial charge in [-0.2, -0.15) is 0 Å². The number of amides is 1. The van der Waals surface area contributed by atoms with Crippen LogP contribution in [0.4, 0.5) is 0 Å². The summed E-state index contributed by atoms with van der Waals surface area (Å²) in [7, 11) is 0. The highest BCUT2D eigenvalue weighted by Crippen LogP contribution is 2.22. The van der Waals surface area contributed by atoms with Crippen molar-refractivity contribution in [3.8, 4) is 0 Å². The molecule has 0 aromatic carbocycles. The molecule has 0 radical (unpaired) electrons. The molecule has 5 heteroatoms. The fourth-order valence-corrected chi connectivity index (χ4v) is 3.29. The first-order valence-corrected chi connectivity index (χ1v) is 8.23. The number of piperidine rings is 1. The lowest BCUT2D eigenvalue weighted by Gasteiger charge is -2.32. The van der Waals surface area contributed by atoms with Gasteiger partial charge in [-0.15, -0.1) is 0 Å². The third-order valence-electron chi connectivity index (χ3n) is 4.60. The first kappa shape index (κ1) is 15.7. The van der Waals surface area contributed by atoms with E-state index in [1.807, 2.05) is 37.1 Å². The summed E-state index contributed by atoms with van der Waals surface area (Å²) in [5, 5.41) is 3.93. The van der Waals surface area contributed by atoms with Crippen LogP contribution in [0.2, 0.25) is 0 Å². The van der Waals surface area contributed by atoms with Crippen LogP contribution in [0.25, 0.3) is 0 Å². The highest BCUT2D eigenvalue weighted by molar-refractivity contribution is 5.79. The maximum atomic E-state index is 12.6. The van der Waals surface area contributed by atoms with E-state index in [2.05, 4.69) is 16.2 Å². The van der Waals surface area contributed by atoms with Crippen LogP contribution in [-0.2, 0) is 17.6 Å². The van der Waals surface area contributed by atoms with E-state index in [9.17, 15) is 4.79 Å². The average Bonchev–Trinajstić information content (AvgIpc) is 2.88. The standard InChI is InChI=1S/C18H23N3O2/c1-13-17(14(2)23-20-13)11-18(22)21-9-5-6-15(12-21)10-16-7-3-4-8-19-16/h3-4,7-8,15H,5-6,9-12H2,1-2H3/t15-/m1/s1. The van der Waals surface area contributed by atoms with Gasteiger partial charge in [0.1, 0.15) is 5.76 Å². The molecule has 3 heterocycles. The number of likely N-dealkylation sites (tertiary alicyclic amines) is 1. The van der Waals surface area contributed by atoms with Crippen molar-refractivity contribution in [2.45, 2.75) is 39.5 Å². The number of carbonyl (C=O) groups is 1. The fourth-order valence-electron chi connectivity index (χ4n) is 3.29. The Morgan fingerprint density at radius 3 is 2.96 bits per heavy atom. The second-order valence-corrected chi connectivity index (χ2v) is 6.35. The van der Waals surface area contributed by atoms with E-state index in [0.717, 1.165) is 55.1 Å². The van der Waals surface area contributed by atoms with E-state index in [1.54, 1.807) is 0 Å². The molecule has 0 unspecified atom stereocenters. The Morgan fingerprint density at radius 2 is 2.26 bits per heavy atom. The van der Waals surface area contributed by atoms with Gasteiger partial charge in [-0.3, -0.25) is 9.78 Å². The average molecular weight is 313 g/mol. The predicted molar refractivity (Wildman–Crippen MR) is 86.9 cm³/mol. The predicted octanol–water partition coefficient (Wildman–Crippen LogP) is 2.71. The molecular formula is C18H23N3O2. The van der Waals surface area contributed by atoms with Gasteiger partial charge in [-0.25, -0.2) is 0 Å². The third kappa shape index (κ3) is 3.78. The van der Waals surface area contributed by atoms with Gasteiger partial charge in [-0.05, 0) is 51.2 Å². The molecule has 2 aromatic heterocycles. The molecule has 1 aliphatic heterocycles. The summed E-state index contributed by atoms with van der Waals surface area (Å²) in [5.74, 6) is 1.41. The molecule has 1 fully saturated rings. The fraction of sp³-hybridized carbons (Fsp3) is 0.500. The number of hydrogen-bond acceptors (Lipinski definition) is 4. The maximum absolute atomic E-state index is 12.6. The largest absolute Gasteiger partial charge is 0.361 e. The van der Waals surface area contributed by atoms with Crippen LogP contribution in [0.15, 0.2) is 28.9 Å². The number of hydrogen-bond donors (Lipinski definition) is 0. The van der Waals surface area contributed by atoms with Crippen molar-refractivity contribution in [3.05, 3.63) is 47.1 Å². The Hall–Kier alpha value is -2.17. The third-order valence-corrected chi connectivity index (χ3v) is 4.60. The van der Waals surface area contributed by atoms with Gasteiger partial charge in [0.05, 0.1) is 12.1 Å². The van der Waals surface area contributed by atoms with Gasteiger partial charge in [0, 0.05) is 30.5 Å². The zero-order valence-electron chi connectivity index (χ0n) is 13.8. The Labute approximate surface area is 136 Å². The highest BCUT2D eigenvalue weighted by atomic mass is 16.5. The highest BCUT2D eigenvalue weighted by Gasteiger charge is 2.25. The second-order valence-electron chi connectivity index (χ2n) is 6.35. The van der Waals surface area contributed by atoms with Gasteiger partial charge in [-0.1, -0.05) is 11.2 Å². The zero-order valence-corrected chi connectivity index (χ0v) is 13.8. The Morgan fingerprint density at radius 1 is 1.39 bits per heavy atom. The summed E-state index contributed by atoms with van der Waals surface area (Å²) in [5.41, 5.74) is 2.86. The van der Waals surface area contributed by atoms with Gasteiger partial charge in [0.15, 0.2) is 0 Å². The number of rotatable bonds is 4. The molecule has 0 N–H and O–H groups in total. The van der Waals surface area contributed by atoms with E-state index in [0.29, 0.717) is 12.3 Å². The quantitative estimate of drug-likeness (QED) is 0.871. The summed E-state index contributed by atoms with van der Waals surface area (Å²) in [6.45, 7) is 5.42. The lowest BCUT2D eigenvalue weighted by atomic mass is 9.92. The summed E-state index contributed by atoms with van der Waals surface area (Å²) >= 11 is 0. The van der Waals surface area contributed by atoms with Gasteiger partial charge < -0.3 is 9.42 Å². The molecule has 23 heavy (non-hydrogen) atoms. The summed E-state index contributed by atoms with van der Waals surface area (Å²) in [6, 6.07) is 6.01. The maximum Gasteiger partial charge on any atom is 0.227 e. The molecule has 1 atom stereocenters. The van der Waals surface area contributed by atoms with Crippen LogP contribution in [0, 0.1) is 19.8 Å². The van der Waals surface area contributed by atoms with Crippen LogP contribution >= 0.6 is 0 Å². The Balaban J connectivity index is 1.61. The van der Waals surface area contributed by atoms with Crippen LogP contribution < -0.4 is 0 Å². The Bertz CT molecular complexity index is 647. The van der Waals surface area contributed by atoms with Gasteiger partial charge in [0.25, 0.3) is 0 Å². The zero-order chi connectivity index (χ0) is 16.2. The van der Waals surface area contributed by atoms with Gasteiger partial charge in [0.2, 0.25) is 5.91 Å². The first-order chi connectivity index (χ1) is 11.1. The number of pyridine rings is 1. The van der Waals surface area contributed by atoms with Crippen molar-refractivity contribution < 1.29 is 9.32 Å². The minimum atomic E-state index is 0.171. The number of aromatic nitrogens is 2. The minimum absolute atomic E-state index is 0.171. The second kappa shape index (κ2) is 6.94. The SMILES string of the molecule is Cc1noc(C)c1CC(=O)N1CCC[C@H](Cc2ccccn2)C1. The summed E-state index contributed by atoms with van der Waals surface area (Å²) in [6.07, 6.45) is 5.38. The van der Waals surface area contributed by atoms with Crippen LogP contribution in [0.3, 0.4) is 0 Å². The molecule has 1 amide bonds.